The van der Waals surface area contributed by atoms with E-state index in [1.165, 1.54) is 0 Å². The fraction of sp³-hybridized carbons (Fsp3) is 0.227. The molecular weight excluding hydrogens is 404 g/mol. The van der Waals surface area contributed by atoms with E-state index in [0.29, 0.717) is 29.3 Å². The van der Waals surface area contributed by atoms with Crippen LogP contribution in [0.5, 0.6) is 5.75 Å². The third kappa shape index (κ3) is 4.31. The highest BCUT2D eigenvalue weighted by atomic mass is 35.5. The van der Waals surface area contributed by atoms with Gasteiger partial charge in [0.05, 0.1) is 37.1 Å². The Kier molecular flexibility index (Phi) is 5.72. The highest BCUT2D eigenvalue weighted by Crippen LogP contribution is 2.25. The normalized spacial score (nSPS) is 15.4. The Morgan fingerprint density at radius 2 is 2.20 bits per heavy atom. The van der Waals surface area contributed by atoms with E-state index in [1.807, 2.05) is 48.0 Å². The van der Waals surface area contributed by atoms with Crippen molar-refractivity contribution in [2.75, 3.05) is 13.7 Å². The van der Waals surface area contributed by atoms with Crippen LogP contribution in [-0.2, 0) is 4.84 Å². The van der Waals surface area contributed by atoms with Crippen LogP contribution in [0.2, 0.25) is 5.02 Å². The average molecular weight is 425 g/mol. The van der Waals surface area contributed by atoms with E-state index in [2.05, 4.69) is 15.5 Å². The number of hydrogen-bond donors (Lipinski definition) is 1. The van der Waals surface area contributed by atoms with E-state index < -0.39 is 0 Å². The van der Waals surface area contributed by atoms with Crippen LogP contribution in [0.4, 0.5) is 0 Å². The highest BCUT2D eigenvalue weighted by Gasteiger charge is 2.23. The molecule has 0 spiro atoms. The lowest BCUT2D eigenvalue weighted by Crippen LogP contribution is -2.32. The summed E-state index contributed by atoms with van der Waals surface area (Å²) in [6.45, 7) is 2.26. The van der Waals surface area contributed by atoms with Crippen molar-refractivity contribution in [1.82, 2.24) is 14.9 Å². The zero-order valence-electron chi connectivity index (χ0n) is 16.6. The fourth-order valence-corrected chi connectivity index (χ4v) is 3.46. The number of oxime groups is 1. The molecule has 0 fully saturated rings. The molecule has 1 unspecified atom stereocenters. The van der Waals surface area contributed by atoms with E-state index in [9.17, 15) is 4.79 Å². The minimum absolute atomic E-state index is 0.207. The Labute approximate surface area is 179 Å². The van der Waals surface area contributed by atoms with Crippen LogP contribution < -0.4 is 10.1 Å². The van der Waals surface area contributed by atoms with Gasteiger partial charge in [-0.1, -0.05) is 28.9 Å². The largest absolute Gasteiger partial charge is 0.495 e. The lowest BCUT2D eigenvalue weighted by atomic mass is 10.1. The number of nitrogens with one attached hydrogen (secondary N) is 1. The number of aromatic nitrogens is 2. The van der Waals surface area contributed by atoms with Gasteiger partial charge in [0, 0.05) is 28.8 Å². The van der Waals surface area contributed by atoms with Gasteiger partial charge in [0.15, 0.2) is 0 Å². The molecule has 0 bridgehead atoms. The molecule has 1 amide bonds. The summed E-state index contributed by atoms with van der Waals surface area (Å²) in [6, 6.07) is 12.8. The maximum Gasteiger partial charge on any atom is 0.251 e. The summed E-state index contributed by atoms with van der Waals surface area (Å²) in [5.74, 6) is 0.380. The lowest BCUT2D eigenvalue weighted by molar-refractivity contribution is 0.0753. The molecule has 1 aliphatic heterocycles. The number of benzene rings is 2. The monoisotopic (exact) mass is 424 g/mol. The van der Waals surface area contributed by atoms with Gasteiger partial charge >= 0.3 is 0 Å². The minimum Gasteiger partial charge on any atom is -0.495 e. The van der Waals surface area contributed by atoms with Gasteiger partial charge in [0.25, 0.3) is 5.91 Å². The third-order valence-electron chi connectivity index (χ3n) is 4.81. The standard InChI is InChI=1S/C22H21ClN4O3/c1-14-12-27(13-25-14)20-7-6-16(9-21(20)29-2)22(28)24-11-18-10-19(26-30-18)15-4-3-5-17(23)8-15/h3-9,12-13,18H,10-11H2,1-2H3,(H,24,28). The quantitative estimate of drug-likeness (QED) is 0.653. The molecule has 7 nitrogen and oxygen atoms in total. The highest BCUT2D eigenvalue weighted by molar-refractivity contribution is 6.31. The predicted octanol–water partition coefficient (Wildman–Crippen LogP) is 3.77. The van der Waals surface area contributed by atoms with Gasteiger partial charge in [0.1, 0.15) is 11.9 Å². The third-order valence-corrected chi connectivity index (χ3v) is 5.05. The van der Waals surface area contributed by atoms with Crippen molar-refractivity contribution in [2.45, 2.75) is 19.4 Å². The van der Waals surface area contributed by atoms with E-state index in [1.54, 1.807) is 25.6 Å². The molecule has 0 radical (unpaired) electrons. The van der Waals surface area contributed by atoms with Crippen LogP contribution in [0.1, 0.15) is 28.0 Å². The molecule has 4 rings (SSSR count). The number of nitrogens with zero attached hydrogens (tertiary/aromatic N) is 3. The van der Waals surface area contributed by atoms with Gasteiger partial charge in [-0.25, -0.2) is 4.98 Å². The Morgan fingerprint density at radius 1 is 1.33 bits per heavy atom. The molecule has 1 aliphatic rings. The Morgan fingerprint density at radius 3 is 2.93 bits per heavy atom. The first-order chi connectivity index (χ1) is 14.5. The SMILES string of the molecule is COc1cc(C(=O)NCC2CC(c3cccc(Cl)c3)=NO2)ccc1-n1cnc(C)c1. The molecule has 1 N–H and O–H groups in total. The number of amides is 1. The molecule has 8 heteroatoms. The predicted molar refractivity (Wildman–Crippen MR) is 115 cm³/mol. The number of ether oxygens (including phenoxy) is 1. The summed E-state index contributed by atoms with van der Waals surface area (Å²) in [6.07, 6.45) is 3.98. The Balaban J connectivity index is 1.38. The van der Waals surface area contributed by atoms with Crippen LogP contribution in [0.15, 0.2) is 60.1 Å². The molecular formula is C22H21ClN4O3. The number of imidazole rings is 1. The van der Waals surface area contributed by atoms with Gasteiger partial charge in [-0.15, -0.1) is 0 Å². The number of hydrogen-bond acceptors (Lipinski definition) is 5. The molecule has 3 aromatic rings. The topological polar surface area (TPSA) is 77.7 Å². The van der Waals surface area contributed by atoms with E-state index in [-0.39, 0.29) is 12.0 Å². The molecule has 2 aromatic carbocycles. The van der Waals surface area contributed by atoms with Crippen molar-refractivity contribution in [3.63, 3.8) is 0 Å². The smallest absolute Gasteiger partial charge is 0.251 e. The van der Waals surface area contributed by atoms with E-state index >= 15 is 0 Å². The summed E-state index contributed by atoms with van der Waals surface area (Å²) < 4.78 is 7.33. The summed E-state index contributed by atoms with van der Waals surface area (Å²) in [4.78, 5) is 22.3. The first-order valence-corrected chi connectivity index (χ1v) is 9.87. The van der Waals surface area contributed by atoms with E-state index in [4.69, 9.17) is 21.2 Å². The number of carbonyl (C=O) groups excluding carboxylic acids is 1. The first-order valence-electron chi connectivity index (χ1n) is 9.49. The summed E-state index contributed by atoms with van der Waals surface area (Å²) >= 11 is 6.04. The summed E-state index contributed by atoms with van der Waals surface area (Å²) in [7, 11) is 1.57. The number of methoxy groups -OCH3 is 1. The van der Waals surface area contributed by atoms with Gasteiger partial charge in [-0.2, -0.15) is 0 Å². The van der Waals surface area contributed by atoms with E-state index in [0.717, 1.165) is 22.7 Å². The number of carbonyl (C=O) groups is 1. The molecule has 30 heavy (non-hydrogen) atoms. The molecule has 1 aromatic heterocycles. The summed E-state index contributed by atoms with van der Waals surface area (Å²) in [5, 5.41) is 7.68. The fourth-order valence-electron chi connectivity index (χ4n) is 3.27. The summed E-state index contributed by atoms with van der Waals surface area (Å²) in [5.41, 5.74) is 3.95. The maximum absolute atomic E-state index is 12.6. The zero-order valence-corrected chi connectivity index (χ0v) is 17.4. The lowest BCUT2D eigenvalue weighted by Gasteiger charge is -2.13. The van der Waals surface area contributed by atoms with Crippen molar-refractivity contribution in [3.8, 4) is 11.4 Å². The molecule has 0 saturated heterocycles. The second-order valence-electron chi connectivity index (χ2n) is 7.00. The second-order valence-corrected chi connectivity index (χ2v) is 7.44. The van der Waals surface area contributed by atoms with Gasteiger partial charge < -0.3 is 19.5 Å². The van der Waals surface area contributed by atoms with Crippen molar-refractivity contribution in [2.24, 2.45) is 5.16 Å². The molecule has 2 heterocycles. The number of rotatable bonds is 6. The molecule has 1 atom stereocenters. The van der Waals surface area contributed by atoms with Crippen molar-refractivity contribution < 1.29 is 14.4 Å². The molecule has 154 valence electrons. The Bertz CT molecular complexity index is 1110. The van der Waals surface area contributed by atoms with Crippen LogP contribution in [0, 0.1) is 6.92 Å². The minimum atomic E-state index is -0.224. The maximum atomic E-state index is 12.6. The average Bonchev–Trinajstić information content (AvgIpc) is 3.40. The van der Waals surface area contributed by atoms with Crippen LogP contribution >= 0.6 is 11.6 Å². The molecule has 0 saturated carbocycles. The zero-order chi connectivity index (χ0) is 21.1. The van der Waals surface area contributed by atoms with Crippen LogP contribution in [0.3, 0.4) is 0 Å². The van der Waals surface area contributed by atoms with Crippen molar-refractivity contribution >= 4 is 23.2 Å². The number of halogens is 1. The van der Waals surface area contributed by atoms with Crippen LogP contribution in [0.25, 0.3) is 5.69 Å². The van der Waals surface area contributed by atoms with Crippen LogP contribution in [-0.4, -0.2) is 40.9 Å². The number of aryl methyl sites for hydroxylation is 1. The van der Waals surface area contributed by atoms with Gasteiger partial charge in [-0.05, 0) is 37.3 Å². The van der Waals surface area contributed by atoms with Crippen molar-refractivity contribution in [1.29, 1.82) is 0 Å². The Hall–Kier alpha value is -3.32. The van der Waals surface area contributed by atoms with Gasteiger partial charge in [0.2, 0.25) is 0 Å². The van der Waals surface area contributed by atoms with Crippen molar-refractivity contribution in [3.05, 3.63) is 76.8 Å². The molecule has 0 aliphatic carbocycles. The second kappa shape index (κ2) is 8.59. The first kappa shape index (κ1) is 20.0. The van der Waals surface area contributed by atoms with Gasteiger partial charge in [-0.3, -0.25) is 4.79 Å².